The van der Waals surface area contributed by atoms with Gasteiger partial charge >= 0.3 is 0 Å². The third-order valence-corrected chi connectivity index (χ3v) is 1.77. The minimum atomic E-state index is -0.703. The molecule has 0 aliphatic rings. The fourth-order valence-electron chi connectivity index (χ4n) is 1.04. The first-order chi connectivity index (χ1) is 7.22. The molecule has 2 amide bonds. The lowest BCUT2D eigenvalue weighted by Gasteiger charge is -2.20. The smallest absolute Gasteiger partial charge is 0.235 e. The summed E-state index contributed by atoms with van der Waals surface area (Å²) in [6.45, 7) is 6.52. The first kappa shape index (κ1) is 14.9. The first-order valence-electron chi connectivity index (χ1n) is 5.29. The molecule has 0 rings (SSSR count). The predicted molar refractivity (Wildman–Crippen MR) is 62.6 cm³/mol. The van der Waals surface area contributed by atoms with Gasteiger partial charge in [0, 0.05) is 25.0 Å². The van der Waals surface area contributed by atoms with E-state index in [9.17, 15) is 9.59 Å². The van der Waals surface area contributed by atoms with E-state index in [1.54, 1.807) is 0 Å². The molecule has 1 unspecified atom stereocenters. The Morgan fingerprint density at radius 2 is 1.88 bits per heavy atom. The van der Waals surface area contributed by atoms with Gasteiger partial charge in [0.05, 0.1) is 6.04 Å². The molecular weight excluding hydrogens is 208 g/mol. The minimum absolute atomic E-state index is 0.0346. The van der Waals surface area contributed by atoms with Crippen LogP contribution in [-0.4, -0.2) is 36.5 Å². The van der Waals surface area contributed by atoms with E-state index in [1.807, 2.05) is 20.8 Å². The number of primary amides is 1. The number of rotatable bonds is 6. The normalized spacial score (nSPS) is 13.2. The van der Waals surface area contributed by atoms with Crippen LogP contribution in [0, 0.1) is 0 Å². The van der Waals surface area contributed by atoms with Crippen molar-refractivity contribution >= 4 is 11.8 Å². The van der Waals surface area contributed by atoms with Crippen molar-refractivity contribution in [3.05, 3.63) is 0 Å². The van der Waals surface area contributed by atoms with Gasteiger partial charge in [-0.1, -0.05) is 0 Å². The van der Waals surface area contributed by atoms with Crippen molar-refractivity contribution < 1.29 is 9.59 Å². The van der Waals surface area contributed by atoms with Crippen molar-refractivity contribution in [2.75, 3.05) is 13.1 Å². The predicted octanol–water partition coefficient (Wildman–Crippen LogP) is -1.31. The molecule has 0 saturated heterocycles. The van der Waals surface area contributed by atoms with Gasteiger partial charge in [0.25, 0.3) is 0 Å². The zero-order chi connectivity index (χ0) is 12.8. The molecule has 0 aliphatic carbocycles. The number of hydrogen-bond acceptors (Lipinski definition) is 4. The fourth-order valence-corrected chi connectivity index (χ4v) is 1.04. The number of nitrogens with one attached hydrogen (secondary N) is 2. The maximum Gasteiger partial charge on any atom is 0.235 e. The first-order valence-corrected chi connectivity index (χ1v) is 5.29. The Kier molecular flexibility index (Phi) is 5.98. The van der Waals surface area contributed by atoms with E-state index in [0.29, 0.717) is 13.0 Å². The minimum Gasteiger partial charge on any atom is -0.368 e. The summed E-state index contributed by atoms with van der Waals surface area (Å²) in [5.41, 5.74) is 10.2. The maximum absolute atomic E-state index is 11.4. The van der Waals surface area contributed by atoms with E-state index in [0.717, 1.165) is 0 Å². The van der Waals surface area contributed by atoms with Gasteiger partial charge in [-0.3, -0.25) is 9.59 Å². The topological polar surface area (TPSA) is 110 Å². The lowest BCUT2D eigenvalue weighted by Crippen LogP contribution is -2.45. The summed E-state index contributed by atoms with van der Waals surface area (Å²) in [5, 5.41) is 5.72. The molecule has 6 heteroatoms. The zero-order valence-electron chi connectivity index (χ0n) is 10.2. The van der Waals surface area contributed by atoms with E-state index < -0.39 is 11.9 Å². The Labute approximate surface area is 96.1 Å². The monoisotopic (exact) mass is 230 g/mol. The van der Waals surface area contributed by atoms with Crippen molar-refractivity contribution in [1.29, 1.82) is 0 Å². The number of amides is 2. The molecule has 94 valence electrons. The second-order valence-electron chi connectivity index (χ2n) is 4.76. The molecule has 1 atom stereocenters. The van der Waals surface area contributed by atoms with Crippen molar-refractivity contribution in [3.63, 3.8) is 0 Å². The van der Waals surface area contributed by atoms with Crippen LogP contribution in [0.4, 0.5) is 0 Å². The highest BCUT2D eigenvalue weighted by Gasteiger charge is 2.13. The third-order valence-electron chi connectivity index (χ3n) is 1.77. The molecular formula is C10H22N4O2. The Bertz CT molecular complexity index is 248. The highest BCUT2D eigenvalue weighted by Crippen LogP contribution is 1.98. The average Bonchev–Trinajstić information content (AvgIpc) is 2.08. The van der Waals surface area contributed by atoms with E-state index in [4.69, 9.17) is 11.5 Å². The molecule has 0 spiro atoms. The van der Waals surface area contributed by atoms with Crippen LogP contribution in [-0.2, 0) is 9.59 Å². The molecule has 0 saturated carbocycles. The molecule has 0 heterocycles. The summed E-state index contributed by atoms with van der Waals surface area (Å²) in [6, 6.07) is -0.703. The number of carbonyl (C=O) groups is 2. The van der Waals surface area contributed by atoms with Crippen LogP contribution >= 0.6 is 0 Å². The van der Waals surface area contributed by atoms with Crippen LogP contribution in [0.25, 0.3) is 0 Å². The molecule has 16 heavy (non-hydrogen) atoms. The van der Waals surface area contributed by atoms with E-state index in [-0.39, 0.29) is 18.0 Å². The highest BCUT2D eigenvalue weighted by molar-refractivity contribution is 5.79. The Hall–Kier alpha value is -1.14. The Morgan fingerprint density at radius 3 is 2.31 bits per heavy atom. The van der Waals surface area contributed by atoms with Gasteiger partial charge in [-0.15, -0.1) is 0 Å². The van der Waals surface area contributed by atoms with Crippen LogP contribution < -0.4 is 22.1 Å². The van der Waals surface area contributed by atoms with Crippen molar-refractivity contribution in [2.45, 2.75) is 38.8 Å². The average molecular weight is 230 g/mol. The summed E-state index contributed by atoms with van der Waals surface area (Å²) in [7, 11) is 0. The summed E-state index contributed by atoms with van der Waals surface area (Å²) in [4.78, 5) is 22.0. The summed E-state index contributed by atoms with van der Waals surface area (Å²) >= 11 is 0. The zero-order valence-corrected chi connectivity index (χ0v) is 10.2. The van der Waals surface area contributed by atoms with E-state index in [1.165, 1.54) is 0 Å². The van der Waals surface area contributed by atoms with Crippen LogP contribution in [0.15, 0.2) is 0 Å². The summed E-state index contributed by atoms with van der Waals surface area (Å²) in [6.07, 6.45) is 0.350. The second-order valence-corrected chi connectivity index (χ2v) is 4.76. The van der Waals surface area contributed by atoms with Gasteiger partial charge in [0.2, 0.25) is 11.8 Å². The van der Waals surface area contributed by atoms with Gasteiger partial charge in [0.15, 0.2) is 0 Å². The maximum atomic E-state index is 11.4. The third kappa shape index (κ3) is 8.19. The quantitative estimate of drug-likeness (QED) is 0.425. The van der Waals surface area contributed by atoms with Crippen LogP contribution in [0.3, 0.4) is 0 Å². The lowest BCUT2D eigenvalue weighted by atomic mass is 10.1. The second kappa shape index (κ2) is 6.44. The summed E-state index contributed by atoms with van der Waals surface area (Å²) in [5.74, 6) is -0.584. The van der Waals surface area contributed by atoms with Crippen LogP contribution in [0.5, 0.6) is 0 Å². The summed E-state index contributed by atoms with van der Waals surface area (Å²) < 4.78 is 0. The molecule has 0 fully saturated rings. The molecule has 0 aliphatic heterocycles. The van der Waals surface area contributed by atoms with Crippen molar-refractivity contribution in [3.8, 4) is 0 Å². The van der Waals surface area contributed by atoms with Crippen molar-refractivity contribution in [1.82, 2.24) is 10.6 Å². The molecule has 0 aromatic rings. The van der Waals surface area contributed by atoms with Crippen LogP contribution in [0.2, 0.25) is 0 Å². The number of hydrogen-bond donors (Lipinski definition) is 4. The largest absolute Gasteiger partial charge is 0.368 e. The van der Waals surface area contributed by atoms with Gasteiger partial charge < -0.3 is 22.1 Å². The highest BCUT2D eigenvalue weighted by atomic mass is 16.2. The van der Waals surface area contributed by atoms with Gasteiger partial charge in [-0.25, -0.2) is 0 Å². The molecule has 6 N–H and O–H groups in total. The van der Waals surface area contributed by atoms with Gasteiger partial charge in [-0.05, 0) is 20.8 Å². The molecule has 0 aromatic heterocycles. The Morgan fingerprint density at radius 1 is 1.31 bits per heavy atom. The van der Waals surface area contributed by atoms with E-state index >= 15 is 0 Å². The number of carbonyl (C=O) groups excluding carboxylic acids is 2. The van der Waals surface area contributed by atoms with Gasteiger partial charge in [0.1, 0.15) is 0 Å². The van der Waals surface area contributed by atoms with Crippen molar-refractivity contribution in [2.24, 2.45) is 11.5 Å². The molecule has 6 nitrogen and oxygen atoms in total. The Balaban J connectivity index is 3.60. The standard InChI is InChI=1S/C10H22N4O2/c1-10(2,3)14-8(15)4-5-13-6-7(11)9(12)16/h7,13H,4-6,11H2,1-3H3,(H2,12,16)(H,14,15). The number of nitrogens with two attached hydrogens (primary N) is 2. The van der Waals surface area contributed by atoms with E-state index in [2.05, 4.69) is 10.6 Å². The molecule has 0 aromatic carbocycles. The van der Waals surface area contributed by atoms with Crippen LogP contribution in [0.1, 0.15) is 27.2 Å². The molecule has 0 bridgehead atoms. The fraction of sp³-hybridized carbons (Fsp3) is 0.800. The lowest BCUT2D eigenvalue weighted by molar-refractivity contribution is -0.122. The van der Waals surface area contributed by atoms with Gasteiger partial charge in [-0.2, -0.15) is 0 Å². The SMILES string of the molecule is CC(C)(C)NC(=O)CCNCC(N)C(N)=O. The molecule has 0 radical (unpaired) electrons.